The van der Waals surface area contributed by atoms with Crippen LogP contribution < -0.4 is 0 Å². The lowest BCUT2D eigenvalue weighted by molar-refractivity contribution is 0.0978. The maximum absolute atomic E-state index is 13.3. The zero-order valence-corrected chi connectivity index (χ0v) is 13.7. The summed E-state index contributed by atoms with van der Waals surface area (Å²) < 4.78 is 13.3. The summed E-state index contributed by atoms with van der Waals surface area (Å²) in [5, 5.41) is 0.0645. The summed E-state index contributed by atoms with van der Waals surface area (Å²) >= 11 is 5.61. The van der Waals surface area contributed by atoms with E-state index in [-0.39, 0.29) is 10.8 Å². The molecule has 0 unspecified atom stereocenters. The van der Waals surface area contributed by atoms with Gasteiger partial charge in [0.15, 0.2) is 5.78 Å². The molecule has 0 spiro atoms. The number of carbonyl (C=O) groups is 1. The molecule has 21 heavy (non-hydrogen) atoms. The van der Waals surface area contributed by atoms with Crippen LogP contribution in [0.3, 0.4) is 0 Å². The van der Waals surface area contributed by atoms with Gasteiger partial charge in [0.05, 0.1) is 5.02 Å². The van der Waals surface area contributed by atoms with Gasteiger partial charge in [0.25, 0.3) is 0 Å². The van der Waals surface area contributed by atoms with E-state index in [1.54, 1.807) is 6.07 Å². The predicted octanol–water partition coefficient (Wildman–Crippen LogP) is 6.58. The molecule has 3 heteroatoms. The molecule has 0 bridgehead atoms. The van der Waals surface area contributed by atoms with Gasteiger partial charge >= 0.3 is 0 Å². The lowest BCUT2D eigenvalue weighted by atomic mass is 10.0. The maximum Gasteiger partial charge on any atom is 0.162 e. The first kappa shape index (κ1) is 18.2. The van der Waals surface area contributed by atoms with Crippen LogP contribution in [0.4, 0.5) is 4.39 Å². The molecule has 1 rings (SSSR count). The van der Waals surface area contributed by atoms with E-state index in [4.69, 9.17) is 11.6 Å². The maximum atomic E-state index is 13.3. The molecular formula is C18H26ClFO. The lowest BCUT2D eigenvalue weighted by Gasteiger charge is -2.03. The topological polar surface area (TPSA) is 17.1 Å². The predicted molar refractivity (Wildman–Crippen MR) is 87.6 cm³/mol. The monoisotopic (exact) mass is 312 g/mol. The quantitative estimate of drug-likeness (QED) is 0.333. The summed E-state index contributed by atoms with van der Waals surface area (Å²) in [6.45, 7) is 2.23. The fourth-order valence-electron chi connectivity index (χ4n) is 2.41. The van der Waals surface area contributed by atoms with Crippen molar-refractivity contribution in [1.82, 2.24) is 0 Å². The molecule has 0 aliphatic rings. The van der Waals surface area contributed by atoms with E-state index in [0.717, 1.165) is 12.8 Å². The standard InChI is InChI=1S/C18H26ClFO/c1-2-3-4-5-6-7-8-9-10-11-18(21)15-12-13-16(19)17(20)14-15/h12-14H,2-11H2,1H3. The van der Waals surface area contributed by atoms with Gasteiger partial charge in [0.2, 0.25) is 0 Å². The van der Waals surface area contributed by atoms with Gasteiger partial charge < -0.3 is 0 Å². The summed E-state index contributed by atoms with van der Waals surface area (Å²) in [5.41, 5.74) is 0.427. The summed E-state index contributed by atoms with van der Waals surface area (Å²) in [5.74, 6) is -0.511. The zero-order chi connectivity index (χ0) is 15.5. The van der Waals surface area contributed by atoms with Crippen LogP contribution in [0.2, 0.25) is 5.02 Å². The van der Waals surface area contributed by atoms with E-state index in [1.165, 1.54) is 57.1 Å². The minimum Gasteiger partial charge on any atom is -0.294 e. The molecule has 1 aromatic carbocycles. The number of rotatable bonds is 11. The van der Waals surface area contributed by atoms with E-state index < -0.39 is 5.82 Å². The Kier molecular flexibility index (Phi) is 9.32. The Morgan fingerprint density at radius 1 is 1.00 bits per heavy atom. The molecule has 1 aromatic rings. The van der Waals surface area contributed by atoms with E-state index in [9.17, 15) is 9.18 Å². The van der Waals surface area contributed by atoms with E-state index in [2.05, 4.69) is 6.92 Å². The summed E-state index contributed by atoms with van der Waals surface area (Å²) in [7, 11) is 0. The average molecular weight is 313 g/mol. The van der Waals surface area contributed by atoms with Crippen molar-refractivity contribution in [1.29, 1.82) is 0 Å². The Bertz CT molecular complexity index is 431. The summed E-state index contributed by atoms with van der Waals surface area (Å²) in [6, 6.07) is 4.28. The normalized spacial score (nSPS) is 10.8. The molecular weight excluding hydrogens is 287 g/mol. The first-order valence-corrected chi connectivity index (χ1v) is 8.51. The summed E-state index contributed by atoms with van der Waals surface area (Å²) in [4.78, 5) is 11.9. The molecule has 0 aromatic heterocycles. The Morgan fingerprint density at radius 2 is 1.57 bits per heavy atom. The van der Waals surface area contributed by atoms with Gasteiger partial charge in [-0.15, -0.1) is 0 Å². The van der Waals surface area contributed by atoms with Crippen LogP contribution in [0.15, 0.2) is 18.2 Å². The van der Waals surface area contributed by atoms with Crippen LogP contribution in [0.1, 0.15) is 81.5 Å². The highest BCUT2D eigenvalue weighted by Crippen LogP contribution is 2.18. The van der Waals surface area contributed by atoms with Gasteiger partial charge in [0, 0.05) is 12.0 Å². The minimum atomic E-state index is -0.519. The number of halogens is 2. The van der Waals surface area contributed by atoms with Crippen molar-refractivity contribution in [2.24, 2.45) is 0 Å². The molecule has 0 radical (unpaired) electrons. The highest BCUT2D eigenvalue weighted by atomic mass is 35.5. The van der Waals surface area contributed by atoms with Crippen molar-refractivity contribution in [2.45, 2.75) is 71.1 Å². The van der Waals surface area contributed by atoms with Crippen LogP contribution in [0.5, 0.6) is 0 Å². The van der Waals surface area contributed by atoms with Crippen molar-refractivity contribution in [3.8, 4) is 0 Å². The average Bonchev–Trinajstić information content (AvgIpc) is 2.48. The molecule has 0 aliphatic heterocycles. The minimum absolute atomic E-state index is 0.00788. The highest BCUT2D eigenvalue weighted by molar-refractivity contribution is 6.30. The largest absolute Gasteiger partial charge is 0.294 e. The second kappa shape index (κ2) is 10.8. The number of ketones is 1. The smallest absolute Gasteiger partial charge is 0.162 e. The second-order valence-corrected chi connectivity index (χ2v) is 6.04. The van der Waals surface area contributed by atoms with E-state index in [0.29, 0.717) is 12.0 Å². The molecule has 0 saturated heterocycles. The molecule has 0 saturated carbocycles. The number of hydrogen-bond donors (Lipinski definition) is 0. The van der Waals surface area contributed by atoms with Gasteiger partial charge in [-0.2, -0.15) is 0 Å². The summed E-state index contributed by atoms with van der Waals surface area (Å²) in [6.07, 6.45) is 11.5. The lowest BCUT2D eigenvalue weighted by Crippen LogP contribution is -1.99. The Morgan fingerprint density at radius 3 is 2.14 bits per heavy atom. The Balaban J connectivity index is 2.09. The first-order valence-electron chi connectivity index (χ1n) is 8.13. The van der Waals surface area contributed by atoms with Crippen LogP contribution in [-0.4, -0.2) is 5.78 Å². The highest BCUT2D eigenvalue weighted by Gasteiger charge is 2.08. The third-order valence-electron chi connectivity index (χ3n) is 3.75. The third kappa shape index (κ3) is 7.61. The number of unbranched alkanes of at least 4 members (excludes halogenated alkanes) is 8. The second-order valence-electron chi connectivity index (χ2n) is 5.63. The first-order chi connectivity index (χ1) is 10.1. The number of benzene rings is 1. The van der Waals surface area contributed by atoms with Crippen molar-refractivity contribution in [3.63, 3.8) is 0 Å². The van der Waals surface area contributed by atoms with Gasteiger partial charge in [-0.3, -0.25) is 4.79 Å². The van der Waals surface area contributed by atoms with Crippen LogP contribution in [0.25, 0.3) is 0 Å². The molecule has 0 atom stereocenters. The molecule has 1 nitrogen and oxygen atoms in total. The number of carbonyl (C=O) groups excluding carboxylic acids is 1. The van der Waals surface area contributed by atoms with Gasteiger partial charge in [-0.25, -0.2) is 4.39 Å². The molecule has 0 aliphatic carbocycles. The molecule has 0 N–H and O–H groups in total. The zero-order valence-electron chi connectivity index (χ0n) is 13.0. The third-order valence-corrected chi connectivity index (χ3v) is 4.06. The van der Waals surface area contributed by atoms with Gasteiger partial charge in [-0.1, -0.05) is 69.9 Å². The van der Waals surface area contributed by atoms with Gasteiger partial charge in [-0.05, 0) is 24.6 Å². The van der Waals surface area contributed by atoms with Gasteiger partial charge in [0.1, 0.15) is 5.82 Å². The Labute approximate surface area is 132 Å². The molecule has 118 valence electrons. The fraction of sp³-hybridized carbons (Fsp3) is 0.611. The van der Waals surface area contributed by atoms with Crippen LogP contribution >= 0.6 is 11.6 Å². The van der Waals surface area contributed by atoms with Crippen molar-refractivity contribution < 1.29 is 9.18 Å². The van der Waals surface area contributed by atoms with Crippen molar-refractivity contribution in [3.05, 3.63) is 34.6 Å². The number of Topliss-reactive ketones (excluding diaryl/α,β-unsaturated/α-hetero) is 1. The van der Waals surface area contributed by atoms with Crippen LogP contribution in [0, 0.1) is 5.82 Å². The number of hydrogen-bond acceptors (Lipinski definition) is 1. The van der Waals surface area contributed by atoms with E-state index in [1.807, 2.05) is 0 Å². The van der Waals surface area contributed by atoms with E-state index >= 15 is 0 Å². The van der Waals surface area contributed by atoms with Crippen molar-refractivity contribution >= 4 is 17.4 Å². The van der Waals surface area contributed by atoms with Crippen LogP contribution in [-0.2, 0) is 0 Å². The SMILES string of the molecule is CCCCCCCCCCCC(=O)c1ccc(Cl)c(F)c1. The molecule has 0 fully saturated rings. The van der Waals surface area contributed by atoms with Crippen molar-refractivity contribution in [2.75, 3.05) is 0 Å². The molecule has 0 amide bonds. The molecule has 0 heterocycles. The fourth-order valence-corrected chi connectivity index (χ4v) is 2.53. The Hall–Kier alpha value is -0.890.